The molecule has 20 heavy (non-hydrogen) atoms. The van der Waals surface area contributed by atoms with Gasteiger partial charge in [0.05, 0.1) is 5.69 Å². The molecule has 5 nitrogen and oxygen atoms in total. The molecule has 0 saturated heterocycles. The van der Waals surface area contributed by atoms with E-state index in [1.54, 1.807) is 23.9 Å². The molecule has 6 heteroatoms. The average molecular weight is 292 g/mol. The smallest absolute Gasteiger partial charge is 0.266 e. The molecule has 0 spiro atoms. The van der Waals surface area contributed by atoms with Gasteiger partial charge in [-0.25, -0.2) is 0 Å². The fourth-order valence-corrected chi connectivity index (χ4v) is 2.49. The van der Waals surface area contributed by atoms with Crippen LogP contribution < -0.4 is 10.1 Å². The molecule has 0 saturated carbocycles. The quantitative estimate of drug-likeness (QED) is 0.924. The number of carbonyl (C=O) groups excluding carboxylic acids is 1. The van der Waals surface area contributed by atoms with E-state index >= 15 is 0 Å². The SMILES string of the molecule is Cc1cc(NC(=O)[C@@H]2Cc3cc(Cl)ccc3O2)n(C)n1. The second-order valence-corrected chi connectivity index (χ2v) is 5.28. The number of halogens is 1. The average Bonchev–Trinajstić information content (AvgIpc) is 2.92. The summed E-state index contributed by atoms with van der Waals surface area (Å²) in [4.78, 5) is 12.2. The van der Waals surface area contributed by atoms with Crippen LogP contribution in [-0.4, -0.2) is 21.8 Å². The summed E-state index contributed by atoms with van der Waals surface area (Å²) in [7, 11) is 1.78. The number of hydrogen-bond donors (Lipinski definition) is 1. The molecule has 1 aromatic carbocycles. The fraction of sp³-hybridized carbons (Fsp3) is 0.286. The van der Waals surface area contributed by atoms with Gasteiger partial charge in [0.15, 0.2) is 6.10 Å². The van der Waals surface area contributed by atoms with Gasteiger partial charge >= 0.3 is 0 Å². The number of carbonyl (C=O) groups is 1. The van der Waals surface area contributed by atoms with E-state index in [2.05, 4.69) is 10.4 Å². The Hall–Kier alpha value is -2.01. The first-order valence-corrected chi connectivity index (χ1v) is 6.67. The minimum Gasteiger partial charge on any atom is -0.480 e. The van der Waals surface area contributed by atoms with Crippen LogP contribution in [0.4, 0.5) is 5.82 Å². The predicted molar refractivity (Wildman–Crippen MR) is 76.1 cm³/mol. The van der Waals surface area contributed by atoms with E-state index in [0.29, 0.717) is 17.3 Å². The summed E-state index contributed by atoms with van der Waals surface area (Å²) in [6.45, 7) is 1.87. The van der Waals surface area contributed by atoms with E-state index in [0.717, 1.165) is 17.0 Å². The first-order valence-electron chi connectivity index (χ1n) is 6.29. The molecule has 1 N–H and O–H groups in total. The van der Waals surface area contributed by atoms with Gasteiger partial charge in [-0.2, -0.15) is 5.10 Å². The zero-order chi connectivity index (χ0) is 14.3. The third-order valence-corrected chi connectivity index (χ3v) is 3.48. The topological polar surface area (TPSA) is 56.1 Å². The maximum atomic E-state index is 12.2. The lowest BCUT2D eigenvalue weighted by Gasteiger charge is -2.11. The van der Waals surface area contributed by atoms with Gasteiger partial charge in [0, 0.05) is 24.6 Å². The Kier molecular flexibility index (Phi) is 3.14. The van der Waals surface area contributed by atoms with Gasteiger partial charge in [-0.15, -0.1) is 0 Å². The van der Waals surface area contributed by atoms with Crippen molar-refractivity contribution in [2.75, 3.05) is 5.32 Å². The van der Waals surface area contributed by atoms with E-state index in [1.807, 2.05) is 19.1 Å². The highest BCUT2D eigenvalue weighted by atomic mass is 35.5. The second kappa shape index (κ2) is 4.83. The van der Waals surface area contributed by atoms with Crippen molar-refractivity contribution in [3.05, 3.63) is 40.5 Å². The molecular weight excluding hydrogens is 278 g/mol. The van der Waals surface area contributed by atoms with Crippen LogP contribution in [-0.2, 0) is 18.3 Å². The van der Waals surface area contributed by atoms with Crippen LogP contribution in [0.25, 0.3) is 0 Å². The summed E-state index contributed by atoms with van der Waals surface area (Å²) in [5, 5.41) is 7.66. The van der Waals surface area contributed by atoms with E-state index in [4.69, 9.17) is 16.3 Å². The van der Waals surface area contributed by atoms with Crippen molar-refractivity contribution in [2.45, 2.75) is 19.4 Å². The van der Waals surface area contributed by atoms with Gasteiger partial charge in [0.25, 0.3) is 5.91 Å². The number of amides is 1. The normalized spacial score (nSPS) is 16.6. The van der Waals surface area contributed by atoms with Crippen LogP contribution >= 0.6 is 11.6 Å². The molecule has 0 bridgehead atoms. The fourth-order valence-electron chi connectivity index (χ4n) is 2.30. The number of rotatable bonds is 2. The van der Waals surface area contributed by atoms with E-state index in [1.165, 1.54) is 0 Å². The van der Waals surface area contributed by atoms with Crippen LogP contribution in [0, 0.1) is 6.92 Å². The number of benzene rings is 1. The van der Waals surface area contributed by atoms with Crippen LogP contribution in [0.1, 0.15) is 11.3 Å². The van der Waals surface area contributed by atoms with Crippen molar-refractivity contribution in [3.8, 4) is 5.75 Å². The molecule has 1 atom stereocenters. The predicted octanol–water partition coefficient (Wildman–Crippen LogP) is 2.32. The Bertz CT molecular complexity index is 681. The van der Waals surface area contributed by atoms with Crippen molar-refractivity contribution in [2.24, 2.45) is 7.05 Å². The van der Waals surface area contributed by atoms with Crippen LogP contribution in [0.5, 0.6) is 5.75 Å². The summed E-state index contributed by atoms with van der Waals surface area (Å²) in [6.07, 6.45) is -0.00266. The number of ether oxygens (including phenoxy) is 1. The minimum atomic E-state index is -0.529. The molecular formula is C14H14ClN3O2. The molecule has 1 aliphatic rings. The first kappa shape index (κ1) is 13.0. The molecule has 0 radical (unpaired) electrons. The molecule has 1 aliphatic heterocycles. The van der Waals surface area contributed by atoms with Crippen LogP contribution in [0.15, 0.2) is 24.3 Å². The van der Waals surface area contributed by atoms with Gasteiger partial charge in [-0.1, -0.05) is 11.6 Å². The summed E-state index contributed by atoms with van der Waals surface area (Å²) in [6, 6.07) is 7.19. The standard InChI is InChI=1S/C14H14ClN3O2/c1-8-5-13(18(2)17-8)16-14(19)12-7-9-6-10(15)3-4-11(9)20-12/h3-6,12H,7H2,1-2H3,(H,16,19)/t12-/m0/s1. The van der Waals surface area contributed by atoms with Gasteiger partial charge < -0.3 is 10.1 Å². The highest BCUT2D eigenvalue weighted by Gasteiger charge is 2.29. The number of hydrogen-bond acceptors (Lipinski definition) is 3. The van der Waals surface area contributed by atoms with Crippen molar-refractivity contribution in [3.63, 3.8) is 0 Å². The molecule has 3 rings (SSSR count). The molecule has 1 amide bonds. The Morgan fingerprint density at radius 2 is 2.30 bits per heavy atom. The van der Waals surface area contributed by atoms with Gasteiger partial charge in [0.1, 0.15) is 11.6 Å². The van der Waals surface area contributed by atoms with Gasteiger partial charge in [-0.05, 0) is 30.7 Å². The van der Waals surface area contributed by atoms with E-state index in [9.17, 15) is 4.79 Å². The molecule has 2 aromatic rings. The second-order valence-electron chi connectivity index (χ2n) is 4.85. The summed E-state index contributed by atoms with van der Waals surface area (Å²) in [5.74, 6) is 1.20. The summed E-state index contributed by atoms with van der Waals surface area (Å²) < 4.78 is 7.27. The largest absolute Gasteiger partial charge is 0.480 e. The molecule has 104 valence electrons. The first-order chi connectivity index (χ1) is 9.52. The lowest BCUT2D eigenvalue weighted by Crippen LogP contribution is -2.32. The minimum absolute atomic E-state index is 0.180. The molecule has 0 fully saturated rings. The van der Waals surface area contributed by atoms with Crippen molar-refractivity contribution < 1.29 is 9.53 Å². The number of anilines is 1. The number of nitrogens with one attached hydrogen (secondary N) is 1. The summed E-state index contributed by atoms with van der Waals surface area (Å²) in [5.41, 5.74) is 1.81. The third kappa shape index (κ3) is 2.36. The van der Waals surface area contributed by atoms with E-state index in [-0.39, 0.29) is 5.91 Å². The van der Waals surface area contributed by atoms with Gasteiger partial charge in [-0.3, -0.25) is 9.48 Å². The third-order valence-electron chi connectivity index (χ3n) is 3.24. The number of fused-ring (bicyclic) bond motifs is 1. The summed E-state index contributed by atoms with van der Waals surface area (Å²) >= 11 is 5.94. The van der Waals surface area contributed by atoms with Crippen LogP contribution in [0.2, 0.25) is 5.02 Å². The highest BCUT2D eigenvalue weighted by molar-refractivity contribution is 6.30. The maximum Gasteiger partial charge on any atom is 0.266 e. The molecule has 0 unspecified atom stereocenters. The number of nitrogens with zero attached hydrogens (tertiary/aromatic N) is 2. The lowest BCUT2D eigenvalue weighted by atomic mass is 10.1. The van der Waals surface area contributed by atoms with Gasteiger partial charge in [0.2, 0.25) is 0 Å². The molecule has 1 aromatic heterocycles. The molecule has 2 heterocycles. The van der Waals surface area contributed by atoms with Crippen LogP contribution in [0.3, 0.4) is 0 Å². The zero-order valence-corrected chi connectivity index (χ0v) is 11.9. The van der Waals surface area contributed by atoms with Crippen molar-refractivity contribution >= 4 is 23.3 Å². The Labute approximate surface area is 121 Å². The highest BCUT2D eigenvalue weighted by Crippen LogP contribution is 2.31. The Balaban J connectivity index is 1.73. The Morgan fingerprint density at radius 3 is 3.00 bits per heavy atom. The number of aryl methyl sites for hydroxylation is 2. The zero-order valence-electron chi connectivity index (χ0n) is 11.2. The molecule has 0 aliphatic carbocycles. The van der Waals surface area contributed by atoms with Crippen molar-refractivity contribution in [1.82, 2.24) is 9.78 Å². The maximum absolute atomic E-state index is 12.2. The van der Waals surface area contributed by atoms with Crippen molar-refractivity contribution in [1.29, 1.82) is 0 Å². The monoisotopic (exact) mass is 291 g/mol. The Morgan fingerprint density at radius 1 is 1.50 bits per heavy atom. The number of aromatic nitrogens is 2. The lowest BCUT2D eigenvalue weighted by molar-refractivity contribution is -0.122. The van der Waals surface area contributed by atoms with E-state index < -0.39 is 6.10 Å².